The molecular weight excluding hydrogens is 366 g/mol. The van der Waals surface area contributed by atoms with E-state index in [-0.39, 0.29) is 29.5 Å². The van der Waals surface area contributed by atoms with Crippen molar-refractivity contribution in [3.8, 4) is 17.0 Å². The van der Waals surface area contributed by atoms with E-state index in [4.69, 9.17) is 5.73 Å². The minimum atomic E-state index is -2.91. The zero-order valence-electron chi connectivity index (χ0n) is 14.2. The topological polar surface area (TPSA) is 84.2 Å². The van der Waals surface area contributed by atoms with Crippen LogP contribution in [-0.2, 0) is 0 Å². The fourth-order valence-electron chi connectivity index (χ4n) is 3.03. The van der Waals surface area contributed by atoms with Gasteiger partial charge in [-0.25, -0.2) is 0 Å². The lowest BCUT2D eigenvalue weighted by atomic mass is 9.90. The van der Waals surface area contributed by atoms with E-state index in [1.165, 1.54) is 18.3 Å². The number of ether oxygens (including phenoxy) is 1. The van der Waals surface area contributed by atoms with Crippen molar-refractivity contribution in [2.75, 3.05) is 19.6 Å². The Bertz CT molecular complexity index is 771. The number of rotatable bonds is 5. The van der Waals surface area contributed by atoms with Crippen LogP contribution in [0.5, 0.6) is 5.75 Å². The van der Waals surface area contributed by atoms with Crippen molar-refractivity contribution in [3.05, 3.63) is 36.0 Å². The fraction of sp³-hybridized carbons (Fsp3) is 0.412. The van der Waals surface area contributed by atoms with Crippen LogP contribution in [0.1, 0.15) is 23.7 Å². The number of aromatic nitrogens is 2. The van der Waals surface area contributed by atoms with Gasteiger partial charge in [0.15, 0.2) is 0 Å². The second kappa shape index (κ2) is 8.01. The summed E-state index contributed by atoms with van der Waals surface area (Å²) in [7, 11) is 0. The number of nitrogens with two attached hydrogens (primary N) is 1. The predicted octanol–water partition coefficient (Wildman–Crippen LogP) is 2.91. The normalized spacial score (nSPS) is 19.5. The summed E-state index contributed by atoms with van der Waals surface area (Å²) in [6.45, 7) is 0.883. The number of hydrogen-bond donors (Lipinski definition) is 2. The molecule has 1 aromatic carbocycles. The Hall–Kier alpha value is -2.19. The highest BCUT2D eigenvalue weighted by Crippen LogP contribution is 2.32. The third-order valence-corrected chi connectivity index (χ3v) is 4.56. The molecule has 3 N–H and O–H groups in total. The first-order valence-corrected chi connectivity index (χ1v) is 8.00. The molecule has 3 rings (SSSR count). The highest BCUT2D eigenvalue weighted by Gasteiger charge is 2.36. The third-order valence-electron chi connectivity index (χ3n) is 4.56. The number of alkyl halides is 2. The van der Waals surface area contributed by atoms with Gasteiger partial charge in [0.1, 0.15) is 5.75 Å². The molecule has 2 aromatic rings. The Kier molecular flexibility index (Phi) is 6.20. The van der Waals surface area contributed by atoms with Gasteiger partial charge in [0.25, 0.3) is 5.91 Å². The van der Waals surface area contributed by atoms with Gasteiger partial charge in [-0.1, -0.05) is 19.1 Å². The summed E-state index contributed by atoms with van der Waals surface area (Å²) >= 11 is 0. The number of halogens is 3. The van der Waals surface area contributed by atoms with Crippen LogP contribution in [0.3, 0.4) is 0 Å². The summed E-state index contributed by atoms with van der Waals surface area (Å²) in [6, 6.07) is 6.17. The Morgan fingerprint density at radius 3 is 2.92 bits per heavy atom. The number of benzene rings is 1. The molecule has 0 radical (unpaired) electrons. The van der Waals surface area contributed by atoms with E-state index < -0.39 is 6.61 Å². The monoisotopic (exact) mass is 386 g/mol. The lowest BCUT2D eigenvalue weighted by Crippen LogP contribution is -2.34. The van der Waals surface area contributed by atoms with Crippen LogP contribution < -0.4 is 10.5 Å². The van der Waals surface area contributed by atoms with Crippen LogP contribution in [0.25, 0.3) is 11.3 Å². The van der Waals surface area contributed by atoms with Gasteiger partial charge >= 0.3 is 6.61 Å². The Morgan fingerprint density at radius 1 is 1.50 bits per heavy atom. The molecular formula is C17H21ClF2N4O2. The highest BCUT2D eigenvalue weighted by atomic mass is 35.5. The van der Waals surface area contributed by atoms with Crippen LogP contribution in [0.2, 0.25) is 0 Å². The minimum absolute atomic E-state index is 0. The van der Waals surface area contributed by atoms with E-state index >= 15 is 0 Å². The quantitative estimate of drug-likeness (QED) is 0.827. The molecule has 0 aliphatic carbocycles. The van der Waals surface area contributed by atoms with Gasteiger partial charge in [0.05, 0.1) is 17.5 Å². The van der Waals surface area contributed by atoms with Crippen molar-refractivity contribution in [2.45, 2.75) is 20.0 Å². The summed E-state index contributed by atoms with van der Waals surface area (Å²) in [6.07, 6.45) is 2.30. The Labute approximate surface area is 156 Å². The molecule has 1 aliphatic heterocycles. The largest absolute Gasteiger partial charge is 0.435 e. The molecule has 1 aromatic heterocycles. The molecule has 1 unspecified atom stereocenters. The summed E-state index contributed by atoms with van der Waals surface area (Å²) < 4.78 is 29.2. The molecule has 9 heteroatoms. The Balaban J connectivity index is 0.00000243. The second-order valence-corrected chi connectivity index (χ2v) is 6.56. The lowest BCUT2D eigenvalue weighted by Gasteiger charge is -2.22. The van der Waals surface area contributed by atoms with E-state index in [0.717, 1.165) is 6.42 Å². The first-order chi connectivity index (χ1) is 11.9. The Morgan fingerprint density at radius 2 is 2.27 bits per heavy atom. The van der Waals surface area contributed by atoms with E-state index in [9.17, 15) is 13.6 Å². The summed E-state index contributed by atoms with van der Waals surface area (Å²) in [5.74, 6) is -0.126. The maximum Gasteiger partial charge on any atom is 0.387 e. The molecule has 1 atom stereocenters. The lowest BCUT2D eigenvalue weighted by molar-refractivity contribution is -0.0498. The molecule has 1 amide bonds. The number of hydrogen-bond acceptors (Lipinski definition) is 4. The molecule has 142 valence electrons. The van der Waals surface area contributed by atoms with Gasteiger partial charge in [-0.2, -0.15) is 13.9 Å². The van der Waals surface area contributed by atoms with Crippen LogP contribution in [-0.4, -0.2) is 47.3 Å². The number of carbonyl (C=O) groups excluding carboxylic acids is 1. The molecule has 1 saturated heterocycles. The zero-order valence-corrected chi connectivity index (χ0v) is 15.1. The molecule has 0 saturated carbocycles. The minimum Gasteiger partial charge on any atom is -0.435 e. The van der Waals surface area contributed by atoms with Crippen molar-refractivity contribution in [1.29, 1.82) is 0 Å². The van der Waals surface area contributed by atoms with Crippen LogP contribution in [0, 0.1) is 5.41 Å². The van der Waals surface area contributed by atoms with Crippen molar-refractivity contribution in [2.24, 2.45) is 11.1 Å². The van der Waals surface area contributed by atoms with Gasteiger partial charge in [0, 0.05) is 18.7 Å². The van der Waals surface area contributed by atoms with Crippen LogP contribution >= 0.6 is 12.4 Å². The maximum absolute atomic E-state index is 12.8. The van der Waals surface area contributed by atoms with Gasteiger partial charge in [-0.3, -0.25) is 9.89 Å². The van der Waals surface area contributed by atoms with Crippen LogP contribution in [0.4, 0.5) is 8.78 Å². The van der Waals surface area contributed by atoms with E-state index in [2.05, 4.69) is 21.9 Å². The predicted molar refractivity (Wildman–Crippen MR) is 95.6 cm³/mol. The molecule has 2 heterocycles. The SMILES string of the molecule is CC1(CN)CCN(C(=O)c2cn[nH]c2-c2cccc(OC(F)F)c2)C1.Cl. The summed E-state index contributed by atoms with van der Waals surface area (Å²) in [5, 5.41) is 6.73. The zero-order chi connectivity index (χ0) is 18.0. The van der Waals surface area contributed by atoms with Crippen molar-refractivity contribution in [3.63, 3.8) is 0 Å². The molecule has 1 aliphatic rings. The average Bonchev–Trinajstić information content (AvgIpc) is 3.21. The standard InChI is InChI=1S/C17H20F2N4O2.ClH/c1-17(9-20)5-6-23(10-17)15(24)13-8-21-22-14(13)11-3-2-4-12(7-11)25-16(18)19;/h2-4,7-8,16H,5-6,9-10,20H2,1H3,(H,21,22);1H. The van der Waals surface area contributed by atoms with Gasteiger partial charge < -0.3 is 15.4 Å². The third kappa shape index (κ3) is 4.13. The molecule has 1 fully saturated rings. The second-order valence-electron chi connectivity index (χ2n) is 6.56. The first-order valence-electron chi connectivity index (χ1n) is 8.00. The maximum atomic E-state index is 12.8. The number of aromatic amines is 1. The van der Waals surface area contributed by atoms with Crippen molar-refractivity contribution < 1.29 is 18.3 Å². The first kappa shape index (κ1) is 20.1. The average molecular weight is 387 g/mol. The van der Waals surface area contributed by atoms with Crippen molar-refractivity contribution in [1.82, 2.24) is 15.1 Å². The number of H-pyrrole nitrogens is 1. The van der Waals surface area contributed by atoms with E-state index in [0.29, 0.717) is 36.5 Å². The molecule has 26 heavy (non-hydrogen) atoms. The number of nitrogens with zero attached hydrogens (tertiary/aromatic N) is 2. The number of nitrogens with one attached hydrogen (secondary N) is 1. The van der Waals surface area contributed by atoms with E-state index in [1.807, 2.05) is 0 Å². The highest BCUT2D eigenvalue weighted by molar-refractivity contribution is 6.00. The number of likely N-dealkylation sites (tertiary alicyclic amines) is 1. The number of amides is 1. The smallest absolute Gasteiger partial charge is 0.387 e. The molecule has 6 nitrogen and oxygen atoms in total. The van der Waals surface area contributed by atoms with Crippen LogP contribution in [0.15, 0.2) is 30.5 Å². The fourth-order valence-corrected chi connectivity index (χ4v) is 3.03. The van der Waals surface area contributed by atoms with E-state index in [1.54, 1.807) is 17.0 Å². The summed E-state index contributed by atoms with van der Waals surface area (Å²) in [5.41, 5.74) is 7.15. The number of carbonyl (C=O) groups is 1. The van der Waals surface area contributed by atoms with Gasteiger partial charge in [0.2, 0.25) is 0 Å². The van der Waals surface area contributed by atoms with Gasteiger partial charge in [-0.05, 0) is 30.5 Å². The van der Waals surface area contributed by atoms with Gasteiger partial charge in [-0.15, -0.1) is 12.4 Å². The molecule has 0 spiro atoms. The summed E-state index contributed by atoms with van der Waals surface area (Å²) in [4.78, 5) is 14.6. The molecule has 0 bridgehead atoms. The van der Waals surface area contributed by atoms with Crippen molar-refractivity contribution >= 4 is 18.3 Å².